The predicted molar refractivity (Wildman–Crippen MR) is 70.5 cm³/mol. The number of hydrogen-bond donors (Lipinski definition) is 1. The molecule has 0 amide bonds. The largest absolute Gasteiger partial charge is 0.496 e. The molecule has 0 heterocycles. The average Bonchev–Trinajstić information content (AvgIpc) is 2.36. The van der Waals surface area contributed by atoms with Crippen LogP contribution in [0.25, 0.3) is 0 Å². The van der Waals surface area contributed by atoms with Crippen LogP contribution in [0, 0.1) is 5.92 Å². The van der Waals surface area contributed by atoms with Gasteiger partial charge in [-0.3, -0.25) is 0 Å². The van der Waals surface area contributed by atoms with E-state index >= 15 is 0 Å². The van der Waals surface area contributed by atoms with Gasteiger partial charge in [-0.05, 0) is 18.9 Å². The van der Waals surface area contributed by atoms with E-state index in [0.717, 1.165) is 18.9 Å². The molecule has 1 rings (SSSR count). The second-order valence-corrected chi connectivity index (χ2v) is 4.43. The molecule has 0 spiro atoms. The van der Waals surface area contributed by atoms with Gasteiger partial charge in [-0.25, -0.2) is 0 Å². The summed E-state index contributed by atoms with van der Waals surface area (Å²) in [6.45, 7) is 6.04. The molecule has 1 N–H and O–H groups in total. The van der Waals surface area contributed by atoms with E-state index in [1.807, 2.05) is 18.2 Å². The third kappa shape index (κ3) is 4.36. The van der Waals surface area contributed by atoms with E-state index in [0.29, 0.717) is 5.92 Å². The lowest BCUT2D eigenvalue weighted by Crippen LogP contribution is -2.26. The van der Waals surface area contributed by atoms with Crippen molar-refractivity contribution in [2.24, 2.45) is 5.92 Å². The van der Waals surface area contributed by atoms with E-state index in [1.165, 1.54) is 5.56 Å². The van der Waals surface area contributed by atoms with E-state index < -0.39 is 0 Å². The van der Waals surface area contributed by atoms with Gasteiger partial charge >= 0.3 is 0 Å². The maximum absolute atomic E-state index is 5.36. The fraction of sp³-hybridized carbons (Fsp3) is 0.571. The summed E-state index contributed by atoms with van der Waals surface area (Å²) in [5.41, 5.74) is 1.19. The van der Waals surface area contributed by atoms with Gasteiger partial charge in [0.15, 0.2) is 0 Å². The summed E-state index contributed by atoms with van der Waals surface area (Å²) in [5, 5.41) is 3.50. The molecule has 1 aromatic rings. The monoisotopic (exact) mass is 237 g/mol. The Morgan fingerprint density at radius 2 is 1.88 bits per heavy atom. The molecule has 96 valence electrons. The molecule has 0 saturated heterocycles. The number of methoxy groups -OCH3 is 2. The molecule has 1 aromatic carbocycles. The fourth-order valence-electron chi connectivity index (χ4n) is 1.86. The van der Waals surface area contributed by atoms with Crippen molar-refractivity contribution in [3.8, 4) is 5.75 Å². The first-order valence-electron chi connectivity index (χ1n) is 6.04. The number of ether oxygens (including phenoxy) is 2. The standard InChI is InChI=1S/C14H23NO2/c1-11(10-16-3)9-15-12(2)13-7-5-6-8-14(13)17-4/h5-8,11-12,15H,9-10H2,1-4H3. The van der Waals surface area contributed by atoms with Crippen molar-refractivity contribution in [2.45, 2.75) is 19.9 Å². The van der Waals surface area contributed by atoms with Crippen LogP contribution in [0.3, 0.4) is 0 Å². The molecular formula is C14H23NO2. The number of rotatable bonds is 7. The van der Waals surface area contributed by atoms with Crippen molar-refractivity contribution in [1.82, 2.24) is 5.32 Å². The average molecular weight is 237 g/mol. The highest BCUT2D eigenvalue weighted by Crippen LogP contribution is 2.24. The molecule has 17 heavy (non-hydrogen) atoms. The molecule has 0 saturated carbocycles. The first kappa shape index (κ1) is 14.0. The van der Waals surface area contributed by atoms with Crippen LogP contribution < -0.4 is 10.1 Å². The minimum absolute atomic E-state index is 0.283. The van der Waals surface area contributed by atoms with Crippen LogP contribution in [0.2, 0.25) is 0 Å². The van der Waals surface area contributed by atoms with Crippen molar-refractivity contribution in [3.05, 3.63) is 29.8 Å². The Morgan fingerprint density at radius 3 is 2.53 bits per heavy atom. The minimum atomic E-state index is 0.283. The Hall–Kier alpha value is -1.06. The van der Waals surface area contributed by atoms with Gasteiger partial charge in [0.1, 0.15) is 5.75 Å². The summed E-state index contributed by atoms with van der Waals surface area (Å²) in [6.07, 6.45) is 0. The molecule has 0 bridgehead atoms. The maximum atomic E-state index is 5.36. The number of benzene rings is 1. The van der Waals surface area contributed by atoms with Crippen LogP contribution in [-0.2, 0) is 4.74 Å². The zero-order valence-corrected chi connectivity index (χ0v) is 11.2. The summed E-state index contributed by atoms with van der Waals surface area (Å²) in [5.74, 6) is 1.45. The van der Waals surface area contributed by atoms with Gasteiger partial charge in [-0.2, -0.15) is 0 Å². The third-order valence-corrected chi connectivity index (χ3v) is 2.83. The molecule has 0 aliphatic carbocycles. The molecule has 0 radical (unpaired) electrons. The quantitative estimate of drug-likeness (QED) is 0.790. The minimum Gasteiger partial charge on any atom is -0.496 e. The Kier molecular flexibility index (Phi) is 6.01. The molecule has 0 aromatic heterocycles. The lowest BCUT2D eigenvalue weighted by Gasteiger charge is -2.19. The first-order chi connectivity index (χ1) is 8.19. The lowest BCUT2D eigenvalue weighted by molar-refractivity contribution is 0.157. The Balaban J connectivity index is 2.54. The second-order valence-electron chi connectivity index (χ2n) is 4.43. The van der Waals surface area contributed by atoms with E-state index in [-0.39, 0.29) is 6.04 Å². The van der Waals surface area contributed by atoms with Crippen molar-refractivity contribution < 1.29 is 9.47 Å². The highest BCUT2D eigenvalue weighted by Gasteiger charge is 2.11. The molecule has 2 atom stereocenters. The van der Waals surface area contributed by atoms with Crippen LogP contribution in [0.4, 0.5) is 0 Å². The van der Waals surface area contributed by atoms with Crippen molar-refractivity contribution >= 4 is 0 Å². The first-order valence-corrected chi connectivity index (χ1v) is 6.04. The molecular weight excluding hydrogens is 214 g/mol. The second kappa shape index (κ2) is 7.30. The van der Waals surface area contributed by atoms with Crippen LogP contribution in [-0.4, -0.2) is 27.4 Å². The van der Waals surface area contributed by atoms with E-state index in [9.17, 15) is 0 Å². The van der Waals surface area contributed by atoms with Crippen LogP contribution in [0.1, 0.15) is 25.5 Å². The SMILES string of the molecule is COCC(C)CNC(C)c1ccccc1OC. The molecule has 2 unspecified atom stereocenters. The van der Waals surface area contributed by atoms with Crippen molar-refractivity contribution in [2.75, 3.05) is 27.4 Å². The van der Waals surface area contributed by atoms with Gasteiger partial charge in [-0.15, -0.1) is 0 Å². The molecule has 0 aliphatic heterocycles. The normalized spacial score (nSPS) is 14.4. The van der Waals surface area contributed by atoms with Crippen LogP contribution in [0.15, 0.2) is 24.3 Å². The fourth-order valence-corrected chi connectivity index (χ4v) is 1.86. The summed E-state index contributed by atoms with van der Waals surface area (Å²) in [7, 11) is 3.44. The number of nitrogens with one attached hydrogen (secondary N) is 1. The Labute approximate surface area is 104 Å². The zero-order valence-electron chi connectivity index (χ0n) is 11.2. The van der Waals surface area contributed by atoms with Gasteiger partial charge in [0.05, 0.1) is 7.11 Å². The Bertz CT molecular complexity index is 328. The maximum Gasteiger partial charge on any atom is 0.123 e. The summed E-state index contributed by atoms with van der Waals surface area (Å²) in [6, 6.07) is 8.39. The van der Waals surface area contributed by atoms with E-state index in [4.69, 9.17) is 9.47 Å². The summed E-state index contributed by atoms with van der Waals surface area (Å²) < 4.78 is 10.5. The zero-order chi connectivity index (χ0) is 12.7. The topological polar surface area (TPSA) is 30.5 Å². The molecule has 0 fully saturated rings. The van der Waals surface area contributed by atoms with E-state index in [1.54, 1.807) is 14.2 Å². The highest BCUT2D eigenvalue weighted by atomic mass is 16.5. The predicted octanol–water partition coefficient (Wildman–Crippen LogP) is 2.63. The van der Waals surface area contributed by atoms with Gasteiger partial charge in [0, 0.05) is 31.9 Å². The van der Waals surface area contributed by atoms with Crippen molar-refractivity contribution in [3.63, 3.8) is 0 Å². The summed E-state index contributed by atoms with van der Waals surface area (Å²) >= 11 is 0. The van der Waals surface area contributed by atoms with Gasteiger partial charge < -0.3 is 14.8 Å². The third-order valence-electron chi connectivity index (χ3n) is 2.83. The Morgan fingerprint density at radius 1 is 1.18 bits per heavy atom. The molecule has 3 nitrogen and oxygen atoms in total. The van der Waals surface area contributed by atoms with Crippen LogP contribution in [0.5, 0.6) is 5.75 Å². The lowest BCUT2D eigenvalue weighted by atomic mass is 10.1. The number of para-hydroxylation sites is 1. The molecule has 3 heteroatoms. The van der Waals surface area contributed by atoms with Gasteiger partial charge in [0.25, 0.3) is 0 Å². The highest BCUT2D eigenvalue weighted by molar-refractivity contribution is 5.35. The summed E-state index contributed by atoms with van der Waals surface area (Å²) in [4.78, 5) is 0. The number of hydrogen-bond acceptors (Lipinski definition) is 3. The van der Waals surface area contributed by atoms with E-state index in [2.05, 4.69) is 25.2 Å². The van der Waals surface area contributed by atoms with Crippen LogP contribution >= 0.6 is 0 Å². The molecule has 0 aliphatic rings. The smallest absolute Gasteiger partial charge is 0.123 e. The van der Waals surface area contributed by atoms with Gasteiger partial charge in [-0.1, -0.05) is 25.1 Å². The van der Waals surface area contributed by atoms with Crippen molar-refractivity contribution in [1.29, 1.82) is 0 Å². The van der Waals surface area contributed by atoms with Gasteiger partial charge in [0.2, 0.25) is 0 Å².